The number of fused-ring (bicyclic) bond motifs is 2. The van der Waals surface area contributed by atoms with Crippen LogP contribution in [0.4, 0.5) is 13.2 Å². The first-order valence-corrected chi connectivity index (χ1v) is 13.2. The number of nitrogens with one attached hydrogen (secondary N) is 1. The lowest BCUT2D eigenvalue weighted by Gasteiger charge is -2.18. The number of aromatic nitrogens is 4. The van der Waals surface area contributed by atoms with Crippen LogP contribution in [-0.4, -0.2) is 43.4 Å². The largest absolute Gasteiger partial charge is 0.416 e. The number of nitrogens with zero attached hydrogens (tertiary/aromatic N) is 4. The van der Waals surface area contributed by atoms with Gasteiger partial charge in [0.15, 0.2) is 0 Å². The van der Waals surface area contributed by atoms with Crippen LogP contribution >= 0.6 is 0 Å². The van der Waals surface area contributed by atoms with E-state index in [4.69, 9.17) is 4.98 Å². The van der Waals surface area contributed by atoms with Crippen molar-refractivity contribution in [1.82, 2.24) is 24.4 Å². The van der Waals surface area contributed by atoms with Gasteiger partial charge in [-0.25, -0.2) is 4.98 Å². The lowest BCUT2D eigenvalue weighted by Crippen LogP contribution is -2.30. The Hall–Kier alpha value is -4.14. The molecule has 2 fully saturated rings. The second-order valence-corrected chi connectivity index (χ2v) is 10.7. The van der Waals surface area contributed by atoms with Crippen molar-refractivity contribution in [2.45, 2.75) is 32.0 Å². The number of benzene rings is 2. The smallest absolute Gasteiger partial charge is 0.360 e. The van der Waals surface area contributed by atoms with Gasteiger partial charge in [0.1, 0.15) is 5.82 Å². The first-order chi connectivity index (χ1) is 18.8. The molecule has 0 spiro atoms. The van der Waals surface area contributed by atoms with E-state index < -0.39 is 11.7 Å². The molecule has 39 heavy (non-hydrogen) atoms. The summed E-state index contributed by atoms with van der Waals surface area (Å²) in [5, 5.41) is 0. The number of H-pyrrole nitrogens is 1. The Morgan fingerprint density at radius 3 is 2.51 bits per heavy atom. The van der Waals surface area contributed by atoms with Crippen molar-refractivity contribution in [3.63, 3.8) is 0 Å². The SMILES string of the molecule is O=C(C1CC1)N1CC[C@@H](Cn2c(-c3ccc(-c4cnc5cc[nH]c5c4)cc3)nc3cc(C(F)(F)F)ccc32)C1. The predicted octanol–water partition coefficient (Wildman–Crippen LogP) is 6.52. The maximum Gasteiger partial charge on any atom is 0.416 e. The van der Waals surface area contributed by atoms with Crippen LogP contribution in [0.25, 0.3) is 44.6 Å². The lowest BCUT2D eigenvalue weighted by molar-refractivity contribution is -0.137. The summed E-state index contributed by atoms with van der Waals surface area (Å²) in [7, 11) is 0. The number of hydrogen-bond donors (Lipinski definition) is 1. The third kappa shape index (κ3) is 4.45. The van der Waals surface area contributed by atoms with Gasteiger partial charge in [0.25, 0.3) is 0 Å². The predicted molar refractivity (Wildman–Crippen MR) is 143 cm³/mol. The molecule has 2 aromatic carbocycles. The van der Waals surface area contributed by atoms with Gasteiger partial charge >= 0.3 is 6.18 Å². The van der Waals surface area contributed by atoms with E-state index in [0.717, 1.165) is 65.7 Å². The Balaban J connectivity index is 1.24. The van der Waals surface area contributed by atoms with E-state index in [-0.39, 0.29) is 17.7 Å². The van der Waals surface area contributed by atoms with E-state index in [1.807, 2.05) is 58.3 Å². The van der Waals surface area contributed by atoms with Gasteiger partial charge in [-0.15, -0.1) is 0 Å². The van der Waals surface area contributed by atoms with Gasteiger partial charge in [-0.05, 0) is 61.1 Å². The average molecular weight is 530 g/mol. The van der Waals surface area contributed by atoms with Crippen LogP contribution in [-0.2, 0) is 17.5 Å². The highest BCUT2D eigenvalue weighted by Gasteiger charge is 2.37. The molecule has 1 aliphatic heterocycles. The van der Waals surface area contributed by atoms with Gasteiger partial charge in [-0.2, -0.15) is 13.2 Å². The standard InChI is InChI=1S/C30H26F3N5O/c31-30(32,33)23-7-8-27-26(14-23)36-28(38(27)17-18-10-12-37(16-18)29(39)21-5-6-21)20-3-1-19(2-4-20)22-13-25-24(35-15-22)9-11-34-25/h1-4,7-9,11,13-15,18,21,34H,5-6,10,12,16-17H2/t18-/m1/s1. The van der Waals surface area contributed by atoms with Crippen LogP contribution in [0.1, 0.15) is 24.8 Å². The summed E-state index contributed by atoms with van der Waals surface area (Å²) in [4.78, 5) is 26.9. The molecule has 0 unspecified atom stereocenters. The molecule has 3 aromatic heterocycles. The van der Waals surface area contributed by atoms with Gasteiger partial charge in [-0.3, -0.25) is 9.78 Å². The second-order valence-electron chi connectivity index (χ2n) is 10.7. The summed E-state index contributed by atoms with van der Waals surface area (Å²) in [6.07, 6.45) is 2.05. The molecule has 5 aromatic rings. The molecule has 0 radical (unpaired) electrons. The summed E-state index contributed by atoms with van der Waals surface area (Å²) in [6.45, 7) is 1.98. The molecule has 1 amide bonds. The van der Waals surface area contributed by atoms with Crippen LogP contribution < -0.4 is 0 Å². The maximum absolute atomic E-state index is 13.5. The molecule has 2 aliphatic rings. The zero-order valence-electron chi connectivity index (χ0n) is 21.1. The number of imidazole rings is 1. The minimum Gasteiger partial charge on any atom is -0.360 e. The monoisotopic (exact) mass is 529 g/mol. The third-order valence-corrected chi connectivity index (χ3v) is 7.92. The summed E-state index contributed by atoms with van der Waals surface area (Å²) in [6, 6.07) is 15.6. The molecule has 1 saturated carbocycles. The molecule has 198 valence electrons. The molecule has 9 heteroatoms. The number of aromatic amines is 1. The van der Waals surface area contributed by atoms with Crippen molar-refractivity contribution in [2.75, 3.05) is 13.1 Å². The highest BCUT2D eigenvalue weighted by atomic mass is 19.4. The molecule has 1 saturated heterocycles. The normalized spacial score (nSPS) is 17.9. The lowest BCUT2D eigenvalue weighted by atomic mass is 10.0. The van der Waals surface area contributed by atoms with Gasteiger partial charge in [0, 0.05) is 49.1 Å². The summed E-state index contributed by atoms with van der Waals surface area (Å²) >= 11 is 0. The summed E-state index contributed by atoms with van der Waals surface area (Å²) in [5.74, 6) is 1.26. The number of carbonyl (C=O) groups excluding carboxylic acids is 1. The number of carbonyl (C=O) groups is 1. The highest BCUT2D eigenvalue weighted by Crippen LogP contribution is 2.36. The molecule has 7 rings (SSSR count). The van der Waals surface area contributed by atoms with Crippen LogP contribution in [0.3, 0.4) is 0 Å². The molecule has 6 nitrogen and oxygen atoms in total. The van der Waals surface area contributed by atoms with Crippen molar-refractivity contribution in [3.05, 3.63) is 72.6 Å². The Morgan fingerprint density at radius 2 is 1.74 bits per heavy atom. The Labute approximate surface area is 222 Å². The van der Waals surface area contributed by atoms with E-state index >= 15 is 0 Å². The molecule has 0 bridgehead atoms. The molecule has 4 heterocycles. The van der Waals surface area contributed by atoms with Crippen molar-refractivity contribution in [3.8, 4) is 22.5 Å². The van der Waals surface area contributed by atoms with Crippen molar-refractivity contribution in [2.24, 2.45) is 11.8 Å². The summed E-state index contributed by atoms with van der Waals surface area (Å²) in [5.41, 5.74) is 4.87. The van der Waals surface area contributed by atoms with E-state index in [1.165, 1.54) is 6.07 Å². The topological polar surface area (TPSA) is 66.8 Å². The Morgan fingerprint density at radius 1 is 0.949 bits per heavy atom. The van der Waals surface area contributed by atoms with Crippen molar-refractivity contribution >= 4 is 28.0 Å². The molecule has 1 N–H and O–H groups in total. The number of halogens is 3. The first-order valence-electron chi connectivity index (χ1n) is 13.2. The molecular formula is C30H26F3N5O. The number of amides is 1. The van der Waals surface area contributed by atoms with Crippen LogP contribution in [0, 0.1) is 11.8 Å². The molecule has 1 aliphatic carbocycles. The van der Waals surface area contributed by atoms with E-state index in [2.05, 4.69) is 9.97 Å². The van der Waals surface area contributed by atoms with Crippen LogP contribution in [0.2, 0.25) is 0 Å². The second kappa shape index (κ2) is 8.97. The van der Waals surface area contributed by atoms with E-state index in [9.17, 15) is 18.0 Å². The van der Waals surface area contributed by atoms with Gasteiger partial charge in [0.05, 0.1) is 27.6 Å². The average Bonchev–Trinajstić information content (AvgIpc) is 3.33. The number of alkyl halides is 3. The Bertz CT molecular complexity index is 1700. The van der Waals surface area contributed by atoms with Crippen molar-refractivity contribution in [1.29, 1.82) is 0 Å². The zero-order valence-corrected chi connectivity index (χ0v) is 21.1. The van der Waals surface area contributed by atoms with Crippen molar-refractivity contribution < 1.29 is 18.0 Å². The first kappa shape index (κ1) is 23.9. The number of hydrogen-bond acceptors (Lipinski definition) is 3. The fraction of sp³-hybridized carbons (Fsp3) is 0.300. The third-order valence-electron chi connectivity index (χ3n) is 7.92. The van der Waals surface area contributed by atoms with Gasteiger partial charge < -0.3 is 14.5 Å². The fourth-order valence-corrected chi connectivity index (χ4v) is 5.64. The Kier molecular flexibility index (Phi) is 5.50. The maximum atomic E-state index is 13.5. The minimum absolute atomic E-state index is 0.181. The van der Waals surface area contributed by atoms with Gasteiger partial charge in [0.2, 0.25) is 5.91 Å². The van der Waals surface area contributed by atoms with Crippen LogP contribution in [0.15, 0.2) is 67.0 Å². The number of rotatable bonds is 5. The number of pyridine rings is 1. The summed E-state index contributed by atoms with van der Waals surface area (Å²) < 4.78 is 42.4. The highest BCUT2D eigenvalue weighted by molar-refractivity contribution is 5.84. The minimum atomic E-state index is -4.44. The number of likely N-dealkylation sites (tertiary alicyclic amines) is 1. The quantitative estimate of drug-likeness (QED) is 0.282. The van der Waals surface area contributed by atoms with Gasteiger partial charge in [-0.1, -0.05) is 24.3 Å². The van der Waals surface area contributed by atoms with Crippen LogP contribution in [0.5, 0.6) is 0 Å². The zero-order chi connectivity index (χ0) is 26.7. The van der Waals surface area contributed by atoms with E-state index in [1.54, 1.807) is 0 Å². The fourth-order valence-electron chi connectivity index (χ4n) is 5.64. The molecule has 1 atom stereocenters. The molecular weight excluding hydrogens is 503 g/mol. The van der Waals surface area contributed by atoms with E-state index in [0.29, 0.717) is 29.9 Å².